The van der Waals surface area contributed by atoms with Gasteiger partial charge in [0, 0.05) is 11.1 Å². The molecule has 5 heteroatoms. The first kappa shape index (κ1) is 13.3. The van der Waals surface area contributed by atoms with Crippen molar-refractivity contribution in [1.82, 2.24) is 10.3 Å². The van der Waals surface area contributed by atoms with Crippen LogP contribution in [0.4, 0.5) is 0 Å². The molecule has 0 radical (unpaired) electrons. The molecule has 16 heavy (non-hydrogen) atoms. The third-order valence-electron chi connectivity index (χ3n) is 2.36. The molecule has 0 spiro atoms. The van der Waals surface area contributed by atoms with Crippen LogP contribution in [0.5, 0.6) is 0 Å². The monoisotopic (exact) mass is 260 g/mol. The summed E-state index contributed by atoms with van der Waals surface area (Å²) in [5.41, 5.74) is 0.172. The lowest BCUT2D eigenvalue weighted by molar-refractivity contribution is 0.0911. The van der Waals surface area contributed by atoms with Crippen molar-refractivity contribution in [2.24, 2.45) is 0 Å². The summed E-state index contributed by atoms with van der Waals surface area (Å²) < 4.78 is 0. The van der Waals surface area contributed by atoms with Gasteiger partial charge in [-0.2, -0.15) is 0 Å². The van der Waals surface area contributed by atoms with E-state index in [1.165, 1.54) is 12.1 Å². The maximum absolute atomic E-state index is 11.9. The SMILES string of the molecule is CCC(C)(C)NC(=O)c1cc(Cl)nc(Cl)c1. The van der Waals surface area contributed by atoms with Crippen LogP contribution in [0.15, 0.2) is 12.1 Å². The molecule has 0 aliphatic heterocycles. The molecule has 1 aromatic heterocycles. The Labute approximate surface area is 105 Å². The van der Waals surface area contributed by atoms with Gasteiger partial charge in [0.15, 0.2) is 0 Å². The van der Waals surface area contributed by atoms with E-state index in [0.29, 0.717) is 5.56 Å². The molecule has 0 saturated heterocycles. The molecule has 3 nitrogen and oxygen atoms in total. The molecule has 0 atom stereocenters. The average Bonchev–Trinajstić information content (AvgIpc) is 2.15. The molecule has 0 aliphatic rings. The van der Waals surface area contributed by atoms with Crippen LogP contribution in [-0.4, -0.2) is 16.4 Å². The summed E-state index contributed by atoms with van der Waals surface area (Å²) in [5.74, 6) is -0.196. The third kappa shape index (κ3) is 3.65. The summed E-state index contributed by atoms with van der Waals surface area (Å²) in [6.07, 6.45) is 0.839. The predicted octanol–water partition coefficient (Wildman–Crippen LogP) is 3.31. The van der Waals surface area contributed by atoms with Gasteiger partial charge in [0.25, 0.3) is 5.91 Å². The molecule has 0 unspecified atom stereocenters. The number of pyridine rings is 1. The summed E-state index contributed by atoms with van der Waals surface area (Å²) in [5, 5.41) is 3.32. The number of nitrogens with zero attached hydrogens (tertiary/aromatic N) is 1. The third-order valence-corrected chi connectivity index (χ3v) is 2.75. The Morgan fingerprint density at radius 3 is 2.31 bits per heavy atom. The molecule has 0 aliphatic carbocycles. The van der Waals surface area contributed by atoms with Gasteiger partial charge < -0.3 is 5.32 Å². The minimum atomic E-state index is -0.251. The van der Waals surface area contributed by atoms with Crippen LogP contribution >= 0.6 is 23.2 Å². The Bertz CT molecular complexity index is 385. The molecule has 1 heterocycles. The molecule has 1 rings (SSSR count). The Kier molecular flexibility index (Phi) is 4.16. The van der Waals surface area contributed by atoms with Crippen LogP contribution in [0.25, 0.3) is 0 Å². The Morgan fingerprint density at radius 1 is 1.38 bits per heavy atom. The molecule has 1 N–H and O–H groups in total. The van der Waals surface area contributed by atoms with Crippen molar-refractivity contribution in [3.05, 3.63) is 28.0 Å². The molecule has 0 fully saturated rings. The van der Waals surface area contributed by atoms with Crippen molar-refractivity contribution in [1.29, 1.82) is 0 Å². The number of carbonyl (C=O) groups excluding carboxylic acids is 1. The average molecular weight is 261 g/mol. The number of aromatic nitrogens is 1. The molecule has 88 valence electrons. The van der Waals surface area contributed by atoms with Gasteiger partial charge in [-0.05, 0) is 32.4 Å². The van der Waals surface area contributed by atoms with Gasteiger partial charge in [0.05, 0.1) is 0 Å². The van der Waals surface area contributed by atoms with Crippen molar-refractivity contribution in [3.63, 3.8) is 0 Å². The smallest absolute Gasteiger partial charge is 0.251 e. The first-order chi connectivity index (χ1) is 7.34. The number of nitrogens with one attached hydrogen (secondary N) is 1. The Hall–Kier alpha value is -0.800. The van der Waals surface area contributed by atoms with Crippen molar-refractivity contribution >= 4 is 29.1 Å². The first-order valence-corrected chi connectivity index (χ1v) is 5.75. The second-order valence-corrected chi connectivity index (χ2v) is 4.97. The molecule has 0 saturated carbocycles. The summed E-state index contributed by atoms with van der Waals surface area (Å²) in [6, 6.07) is 2.99. The lowest BCUT2D eigenvalue weighted by atomic mass is 10.0. The summed E-state index contributed by atoms with van der Waals surface area (Å²) in [6.45, 7) is 5.91. The van der Waals surface area contributed by atoms with Crippen LogP contribution in [0, 0.1) is 0 Å². The highest BCUT2D eigenvalue weighted by molar-refractivity contribution is 6.33. The minimum Gasteiger partial charge on any atom is -0.347 e. The maximum atomic E-state index is 11.9. The first-order valence-electron chi connectivity index (χ1n) is 4.99. The Morgan fingerprint density at radius 2 is 1.88 bits per heavy atom. The Balaban J connectivity index is 2.89. The number of carbonyl (C=O) groups is 1. The van der Waals surface area contributed by atoms with Crippen LogP contribution in [-0.2, 0) is 0 Å². The number of amides is 1. The fourth-order valence-corrected chi connectivity index (χ4v) is 1.52. The fourth-order valence-electron chi connectivity index (χ4n) is 1.06. The molecule has 0 bridgehead atoms. The maximum Gasteiger partial charge on any atom is 0.251 e. The van der Waals surface area contributed by atoms with E-state index in [1.54, 1.807) is 0 Å². The highest BCUT2D eigenvalue weighted by Crippen LogP contribution is 2.16. The number of hydrogen-bond acceptors (Lipinski definition) is 2. The quantitative estimate of drug-likeness (QED) is 0.848. The van der Waals surface area contributed by atoms with E-state index in [1.807, 2.05) is 20.8 Å². The van der Waals surface area contributed by atoms with Crippen molar-refractivity contribution < 1.29 is 4.79 Å². The van der Waals surface area contributed by atoms with Crippen LogP contribution < -0.4 is 5.32 Å². The molecule has 1 amide bonds. The molecule has 1 aromatic rings. The van der Waals surface area contributed by atoms with Gasteiger partial charge in [0.2, 0.25) is 0 Å². The predicted molar refractivity (Wildman–Crippen MR) is 66.1 cm³/mol. The zero-order chi connectivity index (χ0) is 12.3. The zero-order valence-corrected chi connectivity index (χ0v) is 11.0. The topological polar surface area (TPSA) is 42.0 Å². The normalized spacial score (nSPS) is 11.3. The molecule has 0 aromatic carbocycles. The van der Waals surface area contributed by atoms with E-state index >= 15 is 0 Å². The largest absolute Gasteiger partial charge is 0.347 e. The lowest BCUT2D eigenvalue weighted by Gasteiger charge is -2.24. The highest BCUT2D eigenvalue weighted by atomic mass is 35.5. The van der Waals surface area contributed by atoms with Gasteiger partial charge in [-0.3, -0.25) is 4.79 Å². The fraction of sp³-hybridized carbons (Fsp3) is 0.455. The van der Waals surface area contributed by atoms with Gasteiger partial charge in [-0.15, -0.1) is 0 Å². The summed E-state index contributed by atoms with van der Waals surface area (Å²) in [7, 11) is 0. The number of hydrogen-bond donors (Lipinski definition) is 1. The zero-order valence-electron chi connectivity index (χ0n) is 9.47. The lowest BCUT2D eigenvalue weighted by Crippen LogP contribution is -2.42. The summed E-state index contributed by atoms with van der Waals surface area (Å²) in [4.78, 5) is 15.7. The van der Waals surface area contributed by atoms with Gasteiger partial charge in [-0.25, -0.2) is 4.98 Å². The van der Waals surface area contributed by atoms with E-state index in [9.17, 15) is 4.79 Å². The standard InChI is InChI=1S/C11H14Cl2N2O/c1-4-11(2,3)15-10(16)7-5-8(12)14-9(13)6-7/h5-6H,4H2,1-3H3,(H,15,16). The van der Waals surface area contributed by atoms with Crippen molar-refractivity contribution in [3.8, 4) is 0 Å². The second-order valence-electron chi connectivity index (χ2n) is 4.19. The molecular formula is C11H14Cl2N2O. The van der Waals surface area contributed by atoms with Crippen molar-refractivity contribution in [2.75, 3.05) is 0 Å². The van der Waals surface area contributed by atoms with E-state index in [0.717, 1.165) is 6.42 Å². The van der Waals surface area contributed by atoms with Crippen LogP contribution in [0.2, 0.25) is 10.3 Å². The van der Waals surface area contributed by atoms with E-state index in [2.05, 4.69) is 10.3 Å². The molecular weight excluding hydrogens is 247 g/mol. The van der Waals surface area contributed by atoms with E-state index in [-0.39, 0.29) is 21.8 Å². The van der Waals surface area contributed by atoms with Crippen LogP contribution in [0.3, 0.4) is 0 Å². The van der Waals surface area contributed by atoms with Gasteiger partial charge >= 0.3 is 0 Å². The summed E-state index contributed by atoms with van der Waals surface area (Å²) >= 11 is 11.4. The van der Waals surface area contributed by atoms with Crippen LogP contribution in [0.1, 0.15) is 37.6 Å². The minimum absolute atomic E-state index is 0.196. The van der Waals surface area contributed by atoms with Gasteiger partial charge in [0.1, 0.15) is 10.3 Å². The number of halogens is 2. The van der Waals surface area contributed by atoms with Gasteiger partial charge in [-0.1, -0.05) is 30.1 Å². The van der Waals surface area contributed by atoms with E-state index in [4.69, 9.17) is 23.2 Å². The van der Waals surface area contributed by atoms with E-state index < -0.39 is 0 Å². The van der Waals surface area contributed by atoms with Crippen molar-refractivity contribution in [2.45, 2.75) is 32.7 Å². The number of rotatable bonds is 3. The highest BCUT2D eigenvalue weighted by Gasteiger charge is 2.19. The second kappa shape index (κ2) is 5.02.